The van der Waals surface area contributed by atoms with Crippen LogP contribution in [0.1, 0.15) is 18.4 Å². The summed E-state index contributed by atoms with van der Waals surface area (Å²) in [6.45, 7) is 0. The first-order valence-electron chi connectivity index (χ1n) is 4.97. The molecule has 16 heavy (non-hydrogen) atoms. The first-order chi connectivity index (χ1) is 7.64. The Morgan fingerprint density at radius 1 is 1.56 bits per heavy atom. The van der Waals surface area contributed by atoms with E-state index in [-0.39, 0.29) is 11.2 Å². The fourth-order valence-corrected chi connectivity index (χ4v) is 2.36. The van der Waals surface area contributed by atoms with Crippen LogP contribution in [0.2, 0.25) is 5.02 Å². The third-order valence-electron chi connectivity index (χ3n) is 2.98. The lowest BCUT2D eigenvalue weighted by atomic mass is 9.94. The molecule has 2 rings (SSSR count). The Hall–Kier alpha value is -1.13. The van der Waals surface area contributed by atoms with E-state index < -0.39 is 0 Å². The van der Waals surface area contributed by atoms with Crippen molar-refractivity contribution >= 4 is 17.4 Å². The molecule has 1 aromatic carbocycles. The molecule has 1 aromatic rings. The van der Waals surface area contributed by atoms with Gasteiger partial charge in [-0.05, 0) is 30.5 Å². The van der Waals surface area contributed by atoms with Crippen LogP contribution in [0, 0.1) is 5.82 Å². The molecule has 0 aliphatic heterocycles. The molecule has 0 atom stereocenters. The first-order valence-corrected chi connectivity index (χ1v) is 5.35. The van der Waals surface area contributed by atoms with Gasteiger partial charge in [-0.15, -0.1) is 0 Å². The average Bonchev–Trinajstić information content (AvgIpc) is 3.01. The molecule has 0 bridgehead atoms. The third-order valence-corrected chi connectivity index (χ3v) is 3.29. The van der Waals surface area contributed by atoms with E-state index >= 15 is 0 Å². The van der Waals surface area contributed by atoms with Gasteiger partial charge in [0.1, 0.15) is 11.7 Å². The van der Waals surface area contributed by atoms with Crippen molar-refractivity contribution in [2.24, 2.45) is 4.99 Å². The highest BCUT2D eigenvalue weighted by atomic mass is 35.5. The topological polar surface area (TPSA) is 44.6 Å². The molecule has 3 nitrogen and oxygen atoms in total. The number of hydrogen-bond donors (Lipinski definition) is 2. The molecule has 1 saturated carbocycles. The molecular weight excluding hydrogens is 231 g/mol. The van der Waals surface area contributed by atoms with E-state index in [1.165, 1.54) is 12.1 Å². The van der Waals surface area contributed by atoms with Gasteiger partial charge >= 0.3 is 0 Å². The molecule has 1 aliphatic rings. The van der Waals surface area contributed by atoms with Crippen molar-refractivity contribution in [3.8, 4) is 0 Å². The summed E-state index contributed by atoms with van der Waals surface area (Å²) in [4.78, 5) is 3.98. The lowest BCUT2D eigenvalue weighted by molar-refractivity contribution is 0.229. The predicted molar refractivity (Wildman–Crippen MR) is 60.6 cm³/mol. The summed E-state index contributed by atoms with van der Waals surface area (Å²) in [6, 6.07) is 4.29. The molecule has 1 aliphatic carbocycles. The summed E-state index contributed by atoms with van der Waals surface area (Å²) in [7, 11) is 1.59. The van der Waals surface area contributed by atoms with Crippen molar-refractivity contribution in [1.29, 1.82) is 0 Å². The Balaban J connectivity index is 2.44. The van der Waals surface area contributed by atoms with Gasteiger partial charge in [0, 0.05) is 12.1 Å². The number of nitrogens with one attached hydrogen (secondary N) is 1. The summed E-state index contributed by atoms with van der Waals surface area (Å²) < 4.78 is 12.9. The molecule has 0 saturated heterocycles. The van der Waals surface area contributed by atoms with Crippen molar-refractivity contribution in [3.05, 3.63) is 34.6 Å². The van der Waals surface area contributed by atoms with Gasteiger partial charge in [-0.1, -0.05) is 17.7 Å². The molecule has 1 fully saturated rings. The Bertz CT molecular complexity index is 444. The number of halogens is 2. The quantitative estimate of drug-likeness (QED) is 0.476. The van der Waals surface area contributed by atoms with E-state index in [9.17, 15) is 4.39 Å². The maximum absolute atomic E-state index is 12.9. The minimum atomic E-state index is -0.367. The van der Waals surface area contributed by atoms with E-state index in [4.69, 9.17) is 16.8 Å². The van der Waals surface area contributed by atoms with Gasteiger partial charge in [0.15, 0.2) is 0 Å². The van der Waals surface area contributed by atoms with Crippen LogP contribution < -0.4 is 5.48 Å². The number of rotatable bonds is 2. The van der Waals surface area contributed by atoms with E-state index in [1.54, 1.807) is 13.1 Å². The van der Waals surface area contributed by atoms with E-state index in [1.807, 2.05) is 0 Å². The van der Waals surface area contributed by atoms with Gasteiger partial charge < -0.3 is 0 Å². The van der Waals surface area contributed by atoms with Crippen molar-refractivity contribution < 1.29 is 9.60 Å². The molecule has 0 amide bonds. The molecular formula is C11H12ClFN2O. The highest BCUT2D eigenvalue weighted by Gasteiger charge is 2.50. The Morgan fingerprint density at radius 2 is 2.25 bits per heavy atom. The number of benzene rings is 1. The number of nitrogens with zero attached hydrogens (tertiary/aromatic N) is 1. The van der Waals surface area contributed by atoms with Crippen molar-refractivity contribution in [2.75, 3.05) is 7.05 Å². The van der Waals surface area contributed by atoms with Crippen LogP contribution in [0.3, 0.4) is 0 Å². The normalized spacial score (nSPS) is 18.4. The molecule has 0 aromatic heterocycles. The first kappa shape index (κ1) is 11.4. The number of aliphatic imine (C=N–C) groups is 1. The molecule has 86 valence electrons. The van der Waals surface area contributed by atoms with Crippen LogP contribution in [0.5, 0.6) is 0 Å². The van der Waals surface area contributed by atoms with Gasteiger partial charge in [-0.25, -0.2) is 4.39 Å². The molecule has 0 radical (unpaired) electrons. The van der Waals surface area contributed by atoms with Crippen LogP contribution in [0.4, 0.5) is 4.39 Å². The fourth-order valence-electron chi connectivity index (χ4n) is 2.01. The summed E-state index contributed by atoms with van der Waals surface area (Å²) in [6.07, 6.45) is 1.69. The zero-order valence-electron chi connectivity index (χ0n) is 8.80. The SMILES string of the molecule is CN=C(NO)C1(c2ccc(F)cc2Cl)CC1. The van der Waals surface area contributed by atoms with Crippen molar-refractivity contribution in [3.63, 3.8) is 0 Å². The maximum atomic E-state index is 12.9. The summed E-state index contributed by atoms with van der Waals surface area (Å²) in [5.74, 6) is 0.109. The number of hydrogen-bond acceptors (Lipinski definition) is 2. The minimum Gasteiger partial charge on any atom is -0.290 e. The fraction of sp³-hybridized carbons (Fsp3) is 0.364. The highest BCUT2D eigenvalue weighted by molar-refractivity contribution is 6.32. The van der Waals surface area contributed by atoms with Gasteiger partial charge in [0.25, 0.3) is 0 Å². The van der Waals surface area contributed by atoms with E-state index in [0.717, 1.165) is 18.4 Å². The van der Waals surface area contributed by atoms with Gasteiger partial charge in [-0.2, -0.15) is 0 Å². The molecule has 2 N–H and O–H groups in total. The Labute approximate surface area is 97.9 Å². The summed E-state index contributed by atoms with van der Waals surface area (Å²) >= 11 is 6.01. The number of amidine groups is 1. The molecule has 0 spiro atoms. The summed E-state index contributed by atoms with van der Waals surface area (Å²) in [5, 5.41) is 9.38. The van der Waals surface area contributed by atoms with Gasteiger partial charge in [-0.3, -0.25) is 15.7 Å². The van der Waals surface area contributed by atoms with Gasteiger partial charge in [0.2, 0.25) is 0 Å². The summed E-state index contributed by atoms with van der Waals surface area (Å²) in [5.41, 5.74) is 2.53. The molecule has 5 heteroatoms. The van der Waals surface area contributed by atoms with Crippen LogP contribution in [0.25, 0.3) is 0 Å². The third kappa shape index (κ3) is 1.68. The average molecular weight is 243 g/mol. The van der Waals surface area contributed by atoms with Gasteiger partial charge in [0.05, 0.1) is 5.41 Å². The zero-order valence-corrected chi connectivity index (χ0v) is 9.55. The Morgan fingerprint density at radius 3 is 2.69 bits per heavy atom. The lowest BCUT2D eigenvalue weighted by Crippen LogP contribution is -2.32. The Kier molecular flexibility index (Phi) is 2.86. The van der Waals surface area contributed by atoms with Crippen molar-refractivity contribution in [1.82, 2.24) is 5.48 Å². The lowest BCUT2D eigenvalue weighted by Gasteiger charge is -2.18. The standard InChI is InChI=1S/C11H12ClFN2O/c1-14-10(15-16)11(4-5-11)8-3-2-7(13)6-9(8)12/h2-3,6,16H,4-5H2,1H3,(H,14,15). The van der Waals surface area contributed by atoms with Crippen molar-refractivity contribution in [2.45, 2.75) is 18.3 Å². The maximum Gasteiger partial charge on any atom is 0.131 e. The van der Waals surface area contributed by atoms with Crippen LogP contribution in [0.15, 0.2) is 23.2 Å². The zero-order chi connectivity index (χ0) is 11.8. The molecule has 0 heterocycles. The second-order valence-electron chi connectivity index (χ2n) is 3.89. The van der Waals surface area contributed by atoms with E-state index in [2.05, 4.69) is 10.5 Å². The van der Waals surface area contributed by atoms with Crippen LogP contribution >= 0.6 is 11.6 Å². The molecule has 0 unspecified atom stereocenters. The second-order valence-corrected chi connectivity index (χ2v) is 4.30. The second kappa shape index (κ2) is 4.03. The smallest absolute Gasteiger partial charge is 0.131 e. The monoisotopic (exact) mass is 242 g/mol. The minimum absolute atomic E-state index is 0.364. The van der Waals surface area contributed by atoms with E-state index in [0.29, 0.717) is 10.9 Å². The largest absolute Gasteiger partial charge is 0.290 e. The van der Waals surface area contributed by atoms with Crippen LogP contribution in [-0.2, 0) is 5.41 Å². The predicted octanol–water partition coefficient (Wildman–Crippen LogP) is 2.52. The van der Waals surface area contributed by atoms with Crippen LogP contribution in [-0.4, -0.2) is 18.1 Å². The highest BCUT2D eigenvalue weighted by Crippen LogP contribution is 2.51. The number of hydroxylamine groups is 1.